The number of ether oxygens (including phenoxy) is 5. The number of aromatic hydroxyl groups is 1. The molecule has 0 unspecified atom stereocenters. The van der Waals surface area contributed by atoms with Crippen molar-refractivity contribution in [3.63, 3.8) is 0 Å². The largest absolute Gasteiger partial charge is 0.502 e. The summed E-state index contributed by atoms with van der Waals surface area (Å²) in [5.74, 6) is -0.578. The topological polar surface area (TPSA) is 125 Å². The summed E-state index contributed by atoms with van der Waals surface area (Å²) in [7, 11) is 2.88. The number of hydrogen-bond donors (Lipinski definition) is 3. The number of carbonyl (C=O) groups excluding carboxylic acids is 2. The Hall–Kier alpha value is -4.31. The van der Waals surface area contributed by atoms with Crippen LogP contribution in [0.1, 0.15) is 28.7 Å². The number of fused-ring (bicyclic) bond motifs is 3. The molecular formula is C28H25ClN2O8. The van der Waals surface area contributed by atoms with E-state index in [4.69, 9.17) is 35.3 Å². The maximum absolute atomic E-state index is 13.2. The maximum Gasteiger partial charge on any atom is 0.319 e. The van der Waals surface area contributed by atoms with Gasteiger partial charge in [-0.15, -0.1) is 0 Å². The van der Waals surface area contributed by atoms with Gasteiger partial charge in [0.05, 0.1) is 32.8 Å². The van der Waals surface area contributed by atoms with Crippen molar-refractivity contribution in [3.05, 3.63) is 70.2 Å². The number of cyclic esters (lactones) is 1. The highest BCUT2D eigenvalue weighted by Gasteiger charge is 2.53. The first-order chi connectivity index (χ1) is 18.9. The van der Waals surface area contributed by atoms with Crippen LogP contribution in [-0.2, 0) is 9.53 Å². The van der Waals surface area contributed by atoms with Gasteiger partial charge in [-0.05, 0) is 65.2 Å². The van der Waals surface area contributed by atoms with Crippen LogP contribution in [-0.4, -0.2) is 44.7 Å². The predicted octanol–water partition coefficient (Wildman–Crippen LogP) is 4.59. The van der Waals surface area contributed by atoms with E-state index >= 15 is 0 Å². The highest BCUT2D eigenvalue weighted by atomic mass is 35.5. The summed E-state index contributed by atoms with van der Waals surface area (Å²) in [4.78, 5) is 26.4. The Balaban J connectivity index is 1.45. The zero-order chi connectivity index (χ0) is 27.3. The van der Waals surface area contributed by atoms with E-state index in [1.54, 1.807) is 36.4 Å². The first-order valence-electron chi connectivity index (χ1n) is 12.3. The average molecular weight is 553 g/mol. The van der Waals surface area contributed by atoms with Gasteiger partial charge in [0.15, 0.2) is 23.0 Å². The minimum Gasteiger partial charge on any atom is -0.502 e. The van der Waals surface area contributed by atoms with E-state index in [0.717, 1.165) is 11.1 Å². The van der Waals surface area contributed by atoms with Crippen LogP contribution in [0, 0.1) is 11.8 Å². The molecule has 2 amide bonds. The van der Waals surface area contributed by atoms with Gasteiger partial charge in [0.1, 0.15) is 0 Å². The minimum atomic E-state index is -0.641. The van der Waals surface area contributed by atoms with Crippen molar-refractivity contribution in [2.45, 2.75) is 12.0 Å². The molecule has 3 aromatic rings. The fraction of sp³-hybridized carbons (Fsp3) is 0.286. The van der Waals surface area contributed by atoms with Crippen LogP contribution in [0.5, 0.6) is 28.7 Å². The molecule has 39 heavy (non-hydrogen) atoms. The number of anilines is 1. The molecule has 3 aliphatic rings. The predicted molar refractivity (Wildman–Crippen MR) is 140 cm³/mol. The molecule has 2 heterocycles. The lowest BCUT2D eigenvalue weighted by atomic mass is 9.65. The van der Waals surface area contributed by atoms with Gasteiger partial charge in [0, 0.05) is 22.5 Å². The van der Waals surface area contributed by atoms with Gasteiger partial charge in [-0.2, -0.15) is 0 Å². The molecule has 2 aliphatic heterocycles. The number of hydrogen-bond acceptors (Lipinski definition) is 8. The lowest BCUT2D eigenvalue weighted by Gasteiger charge is -2.39. The van der Waals surface area contributed by atoms with Crippen molar-refractivity contribution in [1.82, 2.24) is 5.32 Å². The lowest BCUT2D eigenvalue weighted by Crippen LogP contribution is -2.44. The fourth-order valence-electron chi connectivity index (χ4n) is 5.68. The monoisotopic (exact) mass is 552 g/mol. The molecule has 10 nitrogen and oxygen atoms in total. The SMILES string of the molecule is COc1cc([C@@H]2c3cc4c(cc3[C@@H](NC(=O)Nc3ccc(Cl)cc3)[C@H]3COC(=O)[C@H]23)OCO4)cc(OC)c1O. The van der Waals surface area contributed by atoms with Gasteiger partial charge >= 0.3 is 12.0 Å². The molecule has 11 heteroatoms. The minimum absolute atomic E-state index is 0.0633. The molecule has 0 radical (unpaired) electrons. The van der Waals surface area contributed by atoms with E-state index < -0.39 is 29.8 Å². The molecule has 6 rings (SSSR count). The number of benzene rings is 3. The van der Waals surface area contributed by atoms with Gasteiger partial charge in [-0.3, -0.25) is 4.79 Å². The number of carbonyl (C=O) groups is 2. The number of rotatable bonds is 5. The molecule has 1 aliphatic carbocycles. The third-order valence-electron chi connectivity index (χ3n) is 7.44. The maximum atomic E-state index is 13.2. The van der Waals surface area contributed by atoms with Gasteiger partial charge in [0.25, 0.3) is 0 Å². The van der Waals surface area contributed by atoms with Crippen LogP contribution in [0.25, 0.3) is 0 Å². The van der Waals surface area contributed by atoms with Crippen LogP contribution in [0.3, 0.4) is 0 Å². The summed E-state index contributed by atoms with van der Waals surface area (Å²) in [5.41, 5.74) is 2.77. The summed E-state index contributed by atoms with van der Waals surface area (Å²) in [6.07, 6.45) is 0. The number of halogens is 1. The first kappa shape index (κ1) is 25.0. The molecule has 0 aromatic heterocycles. The first-order valence-corrected chi connectivity index (χ1v) is 12.6. The van der Waals surface area contributed by atoms with Gasteiger partial charge in [-0.1, -0.05) is 11.6 Å². The normalized spacial score (nSPS) is 22.4. The zero-order valence-electron chi connectivity index (χ0n) is 21.0. The summed E-state index contributed by atoms with van der Waals surface area (Å²) >= 11 is 5.97. The Bertz CT molecular complexity index is 1440. The second-order valence-electron chi connectivity index (χ2n) is 9.49. The Morgan fingerprint density at radius 2 is 1.62 bits per heavy atom. The highest BCUT2D eigenvalue weighted by Crippen LogP contribution is 2.55. The number of esters is 1. The van der Waals surface area contributed by atoms with Gasteiger partial charge in [0.2, 0.25) is 12.5 Å². The van der Waals surface area contributed by atoms with E-state index in [-0.39, 0.29) is 36.6 Å². The summed E-state index contributed by atoms with van der Waals surface area (Å²) in [6.45, 7) is 0.180. The molecule has 3 N–H and O–H groups in total. The van der Waals surface area contributed by atoms with Crippen molar-refractivity contribution in [1.29, 1.82) is 0 Å². The Kier molecular flexibility index (Phi) is 6.26. The second-order valence-corrected chi connectivity index (χ2v) is 9.93. The fourth-order valence-corrected chi connectivity index (χ4v) is 5.81. The van der Waals surface area contributed by atoms with Crippen LogP contribution in [0.15, 0.2) is 48.5 Å². The number of phenols is 1. The molecule has 1 saturated heterocycles. The second kappa shape index (κ2) is 9.77. The van der Waals surface area contributed by atoms with Crippen LogP contribution in [0.2, 0.25) is 5.02 Å². The van der Waals surface area contributed by atoms with Crippen molar-refractivity contribution in [2.75, 3.05) is 32.9 Å². The number of amides is 2. The standard InChI is InChI=1S/C28H25ClN2O8/c1-35-21-7-13(8-22(36-2)26(21)32)23-16-9-19-20(39-12-38-19)10-17(16)25(18-11-37-27(33)24(18)23)31-28(34)30-15-5-3-14(29)4-6-15/h3-10,18,23-25,32H,11-12H2,1-2H3,(H2,30,31,34)/t18-,23+,24-,25+/m0/s1. The van der Waals surface area contributed by atoms with Crippen LogP contribution in [0.4, 0.5) is 10.5 Å². The van der Waals surface area contributed by atoms with E-state index in [2.05, 4.69) is 10.6 Å². The number of methoxy groups -OCH3 is 2. The van der Waals surface area contributed by atoms with E-state index in [1.165, 1.54) is 14.2 Å². The summed E-state index contributed by atoms with van der Waals surface area (Å²) in [5, 5.41) is 16.9. The zero-order valence-corrected chi connectivity index (χ0v) is 21.8. The molecule has 202 valence electrons. The smallest absolute Gasteiger partial charge is 0.319 e. The third-order valence-corrected chi connectivity index (χ3v) is 7.69. The molecule has 1 fully saturated rings. The van der Waals surface area contributed by atoms with Crippen molar-refractivity contribution < 1.29 is 38.4 Å². The molecule has 4 atom stereocenters. The summed E-state index contributed by atoms with van der Waals surface area (Å²) in [6, 6.07) is 12.8. The molecular weight excluding hydrogens is 528 g/mol. The van der Waals surface area contributed by atoms with E-state index in [9.17, 15) is 14.7 Å². The third kappa shape index (κ3) is 4.30. The molecule has 3 aromatic carbocycles. The van der Waals surface area contributed by atoms with Crippen molar-refractivity contribution in [3.8, 4) is 28.7 Å². The Labute approximate surface area is 228 Å². The number of nitrogens with one attached hydrogen (secondary N) is 2. The van der Waals surface area contributed by atoms with Gasteiger partial charge in [-0.25, -0.2) is 4.79 Å². The van der Waals surface area contributed by atoms with E-state index in [0.29, 0.717) is 27.8 Å². The van der Waals surface area contributed by atoms with Crippen molar-refractivity contribution >= 4 is 29.3 Å². The van der Waals surface area contributed by atoms with Gasteiger partial charge < -0.3 is 39.4 Å². The average Bonchev–Trinajstić information content (AvgIpc) is 3.55. The number of urea groups is 1. The highest BCUT2D eigenvalue weighted by molar-refractivity contribution is 6.30. The summed E-state index contributed by atoms with van der Waals surface area (Å²) < 4.78 is 27.7. The van der Waals surface area contributed by atoms with Crippen molar-refractivity contribution in [2.24, 2.45) is 11.8 Å². The molecule has 0 saturated carbocycles. The van der Waals surface area contributed by atoms with Crippen LogP contribution >= 0.6 is 11.6 Å². The Morgan fingerprint density at radius 1 is 0.974 bits per heavy atom. The number of phenolic OH excluding ortho intramolecular Hbond substituents is 1. The lowest BCUT2D eigenvalue weighted by molar-refractivity contribution is -0.141. The van der Waals surface area contributed by atoms with E-state index in [1.807, 2.05) is 12.1 Å². The molecule has 0 spiro atoms. The van der Waals surface area contributed by atoms with Crippen LogP contribution < -0.4 is 29.6 Å². The molecule has 0 bridgehead atoms. The Morgan fingerprint density at radius 3 is 2.26 bits per heavy atom. The quantitative estimate of drug-likeness (QED) is 0.393.